The zero-order valence-corrected chi connectivity index (χ0v) is 14.5. The lowest BCUT2D eigenvalue weighted by atomic mass is 10.0. The molecule has 2 heterocycles. The van der Waals surface area contributed by atoms with Gasteiger partial charge in [0.15, 0.2) is 0 Å². The summed E-state index contributed by atoms with van der Waals surface area (Å²) in [6, 6.07) is 11.7. The number of hydrogen-bond donors (Lipinski definition) is 1. The summed E-state index contributed by atoms with van der Waals surface area (Å²) in [7, 11) is 0. The van der Waals surface area contributed by atoms with Crippen LogP contribution in [0.15, 0.2) is 42.6 Å². The average Bonchev–Trinajstić information content (AvgIpc) is 2.92. The van der Waals surface area contributed by atoms with Crippen molar-refractivity contribution in [3.8, 4) is 0 Å². The molecular formula is C19H23F3N4. The van der Waals surface area contributed by atoms with Crippen molar-refractivity contribution in [1.29, 1.82) is 0 Å². The summed E-state index contributed by atoms with van der Waals surface area (Å²) < 4.78 is 38.4. The smallest absolute Gasteiger partial charge is 0.368 e. The molecule has 3 rings (SSSR count). The predicted octanol–water partition coefficient (Wildman–Crippen LogP) is 4.52. The number of nitrogens with one attached hydrogen (secondary N) is 1. The first-order valence-corrected chi connectivity index (χ1v) is 8.97. The predicted molar refractivity (Wildman–Crippen MR) is 94.7 cm³/mol. The van der Waals surface area contributed by atoms with Crippen molar-refractivity contribution in [3.05, 3.63) is 54.0 Å². The number of benzene rings is 1. The van der Waals surface area contributed by atoms with Gasteiger partial charge in [0, 0.05) is 12.7 Å². The van der Waals surface area contributed by atoms with Gasteiger partial charge >= 0.3 is 6.18 Å². The molecule has 0 bridgehead atoms. The van der Waals surface area contributed by atoms with Crippen LogP contribution in [-0.4, -0.2) is 34.5 Å². The van der Waals surface area contributed by atoms with Crippen LogP contribution in [0.4, 0.5) is 19.0 Å². The third-order valence-corrected chi connectivity index (χ3v) is 4.65. The lowest BCUT2D eigenvalue weighted by Crippen LogP contribution is -2.34. The number of aromatic nitrogens is 2. The summed E-state index contributed by atoms with van der Waals surface area (Å²) in [6.07, 6.45) is 1.35. The molecule has 140 valence electrons. The van der Waals surface area contributed by atoms with Crippen molar-refractivity contribution in [1.82, 2.24) is 14.9 Å². The maximum atomic E-state index is 12.8. The number of rotatable bonds is 5. The van der Waals surface area contributed by atoms with Crippen LogP contribution < -0.4 is 5.32 Å². The molecule has 2 aromatic rings. The van der Waals surface area contributed by atoms with Crippen molar-refractivity contribution in [2.45, 2.75) is 37.9 Å². The van der Waals surface area contributed by atoms with Gasteiger partial charge in [-0.05, 0) is 37.6 Å². The van der Waals surface area contributed by atoms with E-state index < -0.39 is 12.0 Å². The maximum Gasteiger partial charge on any atom is 0.451 e. The second-order valence-corrected chi connectivity index (χ2v) is 6.52. The minimum Gasteiger partial charge on any atom is -0.368 e. The number of halogens is 3. The Labute approximate surface area is 151 Å². The summed E-state index contributed by atoms with van der Waals surface area (Å²) in [5.74, 6) is -0.920. The van der Waals surface area contributed by atoms with Crippen molar-refractivity contribution in [2.24, 2.45) is 0 Å². The summed E-state index contributed by atoms with van der Waals surface area (Å²) >= 11 is 0. The quantitative estimate of drug-likeness (QED) is 0.847. The number of anilines is 1. The summed E-state index contributed by atoms with van der Waals surface area (Å²) in [4.78, 5) is 9.34. The fraction of sp³-hybridized carbons (Fsp3) is 0.474. The zero-order chi connectivity index (χ0) is 18.4. The molecule has 1 fully saturated rings. The van der Waals surface area contributed by atoms with Crippen molar-refractivity contribution in [2.75, 3.05) is 25.0 Å². The van der Waals surface area contributed by atoms with E-state index in [0.717, 1.165) is 37.7 Å². The molecule has 26 heavy (non-hydrogen) atoms. The Hall–Kier alpha value is -2.15. The van der Waals surface area contributed by atoms with E-state index in [-0.39, 0.29) is 11.9 Å². The SMILES string of the molecule is FC(F)(F)c1nccc(NC[C@@H](c2ccccc2)N2CCCCCC2)n1. The monoisotopic (exact) mass is 364 g/mol. The molecule has 1 aromatic carbocycles. The van der Waals surface area contributed by atoms with Crippen LogP contribution >= 0.6 is 0 Å². The van der Waals surface area contributed by atoms with Crippen LogP contribution in [0.1, 0.15) is 43.1 Å². The molecular weight excluding hydrogens is 341 g/mol. The Balaban J connectivity index is 1.76. The average molecular weight is 364 g/mol. The van der Waals surface area contributed by atoms with Gasteiger partial charge in [-0.2, -0.15) is 13.2 Å². The highest BCUT2D eigenvalue weighted by molar-refractivity contribution is 5.34. The van der Waals surface area contributed by atoms with Crippen LogP contribution in [0.25, 0.3) is 0 Å². The number of likely N-dealkylation sites (tertiary alicyclic amines) is 1. The van der Waals surface area contributed by atoms with Gasteiger partial charge in [0.2, 0.25) is 5.82 Å². The molecule has 1 N–H and O–H groups in total. The molecule has 0 aliphatic carbocycles. The van der Waals surface area contributed by atoms with Crippen molar-refractivity contribution < 1.29 is 13.2 Å². The van der Waals surface area contributed by atoms with Gasteiger partial charge in [-0.25, -0.2) is 9.97 Å². The zero-order valence-electron chi connectivity index (χ0n) is 14.5. The van der Waals surface area contributed by atoms with Crippen LogP contribution in [-0.2, 0) is 6.18 Å². The fourth-order valence-corrected chi connectivity index (χ4v) is 3.33. The molecule has 1 aromatic heterocycles. The van der Waals surface area contributed by atoms with Crippen LogP contribution in [0, 0.1) is 0 Å². The fourth-order valence-electron chi connectivity index (χ4n) is 3.33. The molecule has 0 amide bonds. The first-order chi connectivity index (χ1) is 12.5. The van der Waals surface area contributed by atoms with E-state index in [4.69, 9.17) is 0 Å². The van der Waals surface area contributed by atoms with E-state index in [9.17, 15) is 13.2 Å². The minimum absolute atomic E-state index is 0.0959. The first-order valence-electron chi connectivity index (χ1n) is 8.97. The molecule has 7 heteroatoms. The third kappa shape index (κ3) is 4.94. The normalized spacial score (nSPS) is 17.5. The highest BCUT2D eigenvalue weighted by Crippen LogP contribution is 2.27. The standard InChI is InChI=1S/C19H23F3N4/c20-19(21,22)18-23-11-10-17(25-18)24-14-16(15-8-4-3-5-9-15)26-12-6-1-2-7-13-26/h3-5,8-11,16H,1-2,6-7,12-14H2,(H,23,24,25)/t16-/m0/s1. The second kappa shape index (κ2) is 8.49. The van der Waals surface area contributed by atoms with E-state index in [1.165, 1.54) is 18.9 Å². The maximum absolute atomic E-state index is 12.8. The van der Waals surface area contributed by atoms with Gasteiger partial charge in [0.05, 0.1) is 6.04 Å². The van der Waals surface area contributed by atoms with Crippen molar-refractivity contribution in [3.63, 3.8) is 0 Å². The lowest BCUT2D eigenvalue weighted by Gasteiger charge is -2.31. The van der Waals surface area contributed by atoms with Crippen LogP contribution in [0.3, 0.4) is 0 Å². The topological polar surface area (TPSA) is 41.1 Å². The Morgan fingerprint density at radius 2 is 1.69 bits per heavy atom. The van der Waals surface area contributed by atoms with Crippen LogP contribution in [0.5, 0.6) is 0 Å². The molecule has 0 unspecified atom stereocenters. The van der Waals surface area contributed by atoms with Gasteiger partial charge in [-0.3, -0.25) is 4.90 Å². The molecule has 1 aliphatic rings. The van der Waals surface area contributed by atoms with Gasteiger partial charge in [-0.15, -0.1) is 0 Å². The highest BCUT2D eigenvalue weighted by Gasteiger charge is 2.34. The lowest BCUT2D eigenvalue weighted by molar-refractivity contribution is -0.144. The summed E-state index contributed by atoms with van der Waals surface area (Å²) in [6.45, 7) is 2.50. The molecule has 0 radical (unpaired) electrons. The number of hydrogen-bond acceptors (Lipinski definition) is 4. The Bertz CT molecular complexity index is 683. The Morgan fingerprint density at radius 3 is 2.35 bits per heavy atom. The number of alkyl halides is 3. The molecule has 1 atom stereocenters. The minimum atomic E-state index is -4.54. The van der Waals surface area contributed by atoms with Crippen LogP contribution in [0.2, 0.25) is 0 Å². The second-order valence-electron chi connectivity index (χ2n) is 6.52. The van der Waals surface area contributed by atoms with Gasteiger partial charge < -0.3 is 5.32 Å². The summed E-state index contributed by atoms with van der Waals surface area (Å²) in [5.41, 5.74) is 1.16. The molecule has 0 spiro atoms. The Morgan fingerprint density at radius 1 is 1.00 bits per heavy atom. The van der Waals surface area contributed by atoms with E-state index in [1.54, 1.807) is 0 Å². The summed E-state index contributed by atoms with van der Waals surface area (Å²) in [5, 5.41) is 3.08. The highest BCUT2D eigenvalue weighted by atomic mass is 19.4. The largest absolute Gasteiger partial charge is 0.451 e. The van der Waals surface area contributed by atoms with Gasteiger partial charge in [0.25, 0.3) is 0 Å². The van der Waals surface area contributed by atoms with E-state index >= 15 is 0 Å². The van der Waals surface area contributed by atoms with Gasteiger partial charge in [0.1, 0.15) is 5.82 Å². The van der Waals surface area contributed by atoms with E-state index in [2.05, 4.69) is 32.3 Å². The Kier molecular flexibility index (Phi) is 6.08. The van der Waals surface area contributed by atoms with Crippen molar-refractivity contribution >= 4 is 5.82 Å². The molecule has 0 saturated carbocycles. The number of nitrogens with zero attached hydrogens (tertiary/aromatic N) is 3. The molecule has 4 nitrogen and oxygen atoms in total. The van der Waals surface area contributed by atoms with E-state index in [1.807, 2.05) is 18.2 Å². The molecule has 1 saturated heterocycles. The first kappa shape index (κ1) is 18.6. The molecule has 1 aliphatic heterocycles. The van der Waals surface area contributed by atoms with Gasteiger partial charge in [-0.1, -0.05) is 43.2 Å². The third-order valence-electron chi connectivity index (χ3n) is 4.65. The van der Waals surface area contributed by atoms with E-state index in [0.29, 0.717) is 6.54 Å².